The van der Waals surface area contributed by atoms with Gasteiger partial charge in [-0.1, -0.05) is 44.0 Å². The highest BCUT2D eigenvalue weighted by atomic mass is 35.5. The van der Waals surface area contributed by atoms with Gasteiger partial charge in [0.1, 0.15) is 6.04 Å². The second-order valence-corrected chi connectivity index (χ2v) is 9.09. The van der Waals surface area contributed by atoms with Gasteiger partial charge >= 0.3 is 5.97 Å². The zero-order chi connectivity index (χ0) is 24.1. The van der Waals surface area contributed by atoms with Gasteiger partial charge in [0.15, 0.2) is 0 Å². The molecule has 3 rings (SSSR count). The molecule has 1 heterocycles. The summed E-state index contributed by atoms with van der Waals surface area (Å²) in [4.78, 5) is 41.7. The van der Waals surface area contributed by atoms with Crippen LogP contribution in [-0.4, -0.2) is 53.1 Å². The molecule has 33 heavy (non-hydrogen) atoms. The van der Waals surface area contributed by atoms with E-state index in [1.807, 2.05) is 26.0 Å². The van der Waals surface area contributed by atoms with Crippen LogP contribution in [0.5, 0.6) is 0 Å². The summed E-state index contributed by atoms with van der Waals surface area (Å²) in [6, 6.07) is 5.37. The third-order valence-electron chi connectivity index (χ3n) is 6.68. The number of allylic oxidation sites excluding steroid dienone is 1. The Balaban J connectivity index is 2.01. The predicted octanol–water partition coefficient (Wildman–Crippen LogP) is 3.66. The maximum Gasteiger partial charge on any atom is 0.310 e. The van der Waals surface area contributed by atoms with Gasteiger partial charge in [-0.15, -0.1) is 0 Å². The standard InChI is InChI=1S/C25H33ClN2O5/c1-4-7-15-8-13-19-21(20(15)25(32)33-6-3)24(31)28(18(5-2)14-29)22(19)23(30)27-17-11-9-16(26)10-12-17/h8-13,15,18-22,29H,4-7,14H2,1-3H3,(H,27,30)/t15-,18+,19+,20-,21-,22+/m1/s1. The molecule has 1 saturated heterocycles. The number of carbonyl (C=O) groups is 3. The summed E-state index contributed by atoms with van der Waals surface area (Å²) in [6.45, 7) is 5.60. The van der Waals surface area contributed by atoms with Crippen molar-refractivity contribution in [2.45, 2.75) is 52.1 Å². The van der Waals surface area contributed by atoms with E-state index in [2.05, 4.69) is 5.32 Å². The molecule has 1 aromatic carbocycles. The molecule has 1 fully saturated rings. The Morgan fingerprint density at radius 2 is 1.88 bits per heavy atom. The average molecular weight is 477 g/mol. The number of hydrogen-bond acceptors (Lipinski definition) is 5. The van der Waals surface area contributed by atoms with Crippen molar-refractivity contribution in [3.8, 4) is 0 Å². The fraction of sp³-hybridized carbons (Fsp3) is 0.560. The Hall–Kier alpha value is -2.38. The van der Waals surface area contributed by atoms with Crippen LogP contribution >= 0.6 is 11.6 Å². The monoisotopic (exact) mass is 476 g/mol. The van der Waals surface area contributed by atoms with Gasteiger partial charge in [-0.05, 0) is 49.9 Å². The van der Waals surface area contributed by atoms with Crippen LogP contribution in [0.3, 0.4) is 0 Å². The molecule has 2 N–H and O–H groups in total. The number of benzene rings is 1. The molecule has 0 saturated carbocycles. The van der Waals surface area contributed by atoms with Gasteiger partial charge in [0.2, 0.25) is 11.8 Å². The maximum atomic E-state index is 13.8. The maximum absolute atomic E-state index is 13.8. The molecule has 1 aliphatic carbocycles. The number of amides is 2. The molecule has 2 aliphatic rings. The molecular weight excluding hydrogens is 444 g/mol. The number of ether oxygens (including phenoxy) is 1. The minimum absolute atomic E-state index is 0.131. The van der Waals surface area contributed by atoms with E-state index >= 15 is 0 Å². The molecule has 6 atom stereocenters. The normalized spacial score (nSPS) is 27.2. The first-order valence-corrected chi connectivity index (χ1v) is 12.1. The Morgan fingerprint density at radius 1 is 1.18 bits per heavy atom. The van der Waals surface area contributed by atoms with Gasteiger partial charge in [-0.25, -0.2) is 0 Å². The summed E-state index contributed by atoms with van der Waals surface area (Å²) < 4.78 is 5.36. The van der Waals surface area contributed by atoms with Gasteiger partial charge in [-0.2, -0.15) is 0 Å². The molecule has 0 spiro atoms. The number of hydrogen-bond donors (Lipinski definition) is 2. The van der Waals surface area contributed by atoms with Gasteiger partial charge in [0.05, 0.1) is 31.1 Å². The van der Waals surface area contributed by atoms with E-state index in [1.54, 1.807) is 31.2 Å². The van der Waals surface area contributed by atoms with Crippen molar-refractivity contribution in [2.24, 2.45) is 23.7 Å². The van der Waals surface area contributed by atoms with Crippen LogP contribution in [0.4, 0.5) is 5.69 Å². The summed E-state index contributed by atoms with van der Waals surface area (Å²) in [5.41, 5.74) is 0.558. The number of aliphatic hydroxyl groups is 1. The number of carbonyl (C=O) groups excluding carboxylic acids is 3. The molecule has 180 valence electrons. The smallest absolute Gasteiger partial charge is 0.310 e. The largest absolute Gasteiger partial charge is 0.466 e. The zero-order valence-electron chi connectivity index (χ0n) is 19.4. The Bertz CT molecular complexity index is 883. The van der Waals surface area contributed by atoms with Crippen LogP contribution in [0.1, 0.15) is 40.0 Å². The van der Waals surface area contributed by atoms with E-state index < -0.39 is 35.8 Å². The lowest BCUT2D eigenvalue weighted by molar-refractivity contribution is -0.156. The second-order valence-electron chi connectivity index (χ2n) is 8.65. The molecule has 0 aromatic heterocycles. The van der Waals surface area contributed by atoms with Crippen molar-refractivity contribution >= 4 is 35.1 Å². The summed E-state index contributed by atoms with van der Waals surface area (Å²) in [5.74, 6) is -3.01. The zero-order valence-corrected chi connectivity index (χ0v) is 20.1. The summed E-state index contributed by atoms with van der Waals surface area (Å²) >= 11 is 5.95. The number of nitrogens with zero attached hydrogens (tertiary/aromatic N) is 1. The van der Waals surface area contributed by atoms with E-state index in [4.69, 9.17) is 16.3 Å². The molecule has 1 aromatic rings. The molecule has 7 nitrogen and oxygen atoms in total. The lowest BCUT2D eigenvalue weighted by atomic mass is 9.69. The first-order chi connectivity index (χ1) is 15.9. The van der Waals surface area contributed by atoms with Crippen LogP contribution in [-0.2, 0) is 19.1 Å². The third kappa shape index (κ3) is 5.09. The molecule has 0 unspecified atom stereocenters. The molecule has 2 amide bonds. The Labute approximate surface area is 200 Å². The second kappa shape index (κ2) is 11.2. The van der Waals surface area contributed by atoms with E-state index in [0.29, 0.717) is 17.1 Å². The van der Waals surface area contributed by atoms with Crippen LogP contribution in [0, 0.1) is 23.7 Å². The average Bonchev–Trinajstić information content (AvgIpc) is 3.09. The van der Waals surface area contributed by atoms with Crippen molar-refractivity contribution in [3.05, 3.63) is 41.4 Å². The van der Waals surface area contributed by atoms with Gasteiger partial charge < -0.3 is 20.1 Å². The summed E-state index contributed by atoms with van der Waals surface area (Å²) in [6.07, 6.45) is 5.96. The topological polar surface area (TPSA) is 95.9 Å². The van der Waals surface area contributed by atoms with E-state index in [-0.39, 0.29) is 30.9 Å². The summed E-state index contributed by atoms with van der Waals surface area (Å²) in [5, 5.41) is 13.4. The first-order valence-electron chi connectivity index (χ1n) is 11.7. The van der Waals surface area contributed by atoms with Crippen LogP contribution in [0.25, 0.3) is 0 Å². The number of likely N-dealkylation sites (tertiary alicyclic amines) is 1. The highest BCUT2D eigenvalue weighted by molar-refractivity contribution is 6.30. The lowest BCUT2D eigenvalue weighted by Gasteiger charge is -2.34. The fourth-order valence-electron chi connectivity index (χ4n) is 5.17. The molecular formula is C25H33ClN2O5. The van der Waals surface area contributed by atoms with Crippen molar-refractivity contribution in [1.29, 1.82) is 0 Å². The van der Waals surface area contributed by atoms with Crippen LogP contribution in [0.2, 0.25) is 5.02 Å². The van der Waals surface area contributed by atoms with E-state index in [0.717, 1.165) is 12.8 Å². The van der Waals surface area contributed by atoms with Crippen molar-refractivity contribution in [3.63, 3.8) is 0 Å². The number of esters is 1. The number of nitrogens with one attached hydrogen (secondary N) is 1. The minimum Gasteiger partial charge on any atom is -0.466 e. The van der Waals surface area contributed by atoms with Gasteiger partial charge in [0, 0.05) is 16.6 Å². The third-order valence-corrected chi connectivity index (χ3v) is 6.94. The Kier molecular flexibility index (Phi) is 8.54. The number of halogens is 1. The van der Waals surface area contributed by atoms with Gasteiger partial charge in [0.25, 0.3) is 0 Å². The molecule has 0 bridgehead atoms. The van der Waals surface area contributed by atoms with Crippen molar-refractivity contribution in [1.82, 2.24) is 4.90 Å². The lowest BCUT2D eigenvalue weighted by Crippen LogP contribution is -2.50. The first kappa shape index (κ1) is 25.2. The van der Waals surface area contributed by atoms with Crippen LogP contribution in [0.15, 0.2) is 36.4 Å². The predicted molar refractivity (Wildman–Crippen MR) is 127 cm³/mol. The Morgan fingerprint density at radius 3 is 2.45 bits per heavy atom. The number of aliphatic hydroxyl groups excluding tert-OH is 1. The van der Waals surface area contributed by atoms with Crippen molar-refractivity contribution in [2.75, 3.05) is 18.5 Å². The molecule has 0 radical (unpaired) electrons. The molecule has 1 aliphatic heterocycles. The van der Waals surface area contributed by atoms with Crippen LogP contribution < -0.4 is 5.32 Å². The highest BCUT2D eigenvalue weighted by Gasteiger charge is 2.58. The highest BCUT2D eigenvalue weighted by Crippen LogP contribution is 2.46. The minimum atomic E-state index is -0.842. The van der Waals surface area contributed by atoms with Crippen molar-refractivity contribution < 1.29 is 24.2 Å². The number of fused-ring (bicyclic) bond motifs is 1. The fourth-order valence-corrected chi connectivity index (χ4v) is 5.30. The van der Waals surface area contributed by atoms with E-state index in [9.17, 15) is 19.5 Å². The van der Waals surface area contributed by atoms with Gasteiger partial charge in [-0.3, -0.25) is 14.4 Å². The summed E-state index contributed by atoms with van der Waals surface area (Å²) in [7, 11) is 0. The number of rotatable bonds is 9. The molecule has 8 heteroatoms. The quantitative estimate of drug-likeness (QED) is 0.419. The van der Waals surface area contributed by atoms with E-state index in [1.165, 1.54) is 4.90 Å². The SMILES string of the molecule is CCC[C@@H]1C=C[C@H]2[C@@H](C(=O)N([C@@H](CC)CO)[C@@H]2C(=O)Nc2ccc(Cl)cc2)[C@@H]1C(=O)OCC. The number of anilines is 1.